The smallest absolute Gasteiger partial charge is 0.0490 e. The van der Waals surface area contributed by atoms with E-state index in [0.717, 1.165) is 69.0 Å². The number of rotatable bonds is 14. The van der Waals surface area contributed by atoms with E-state index in [1.54, 1.807) is 0 Å². The maximum absolute atomic E-state index is 2.44. The van der Waals surface area contributed by atoms with Crippen LogP contribution in [0.25, 0.3) is 83.4 Å². The summed E-state index contributed by atoms with van der Waals surface area (Å²) < 4.78 is 5.19. The number of anilines is 12. The number of thiophene rings is 2. The highest BCUT2D eigenvalue weighted by molar-refractivity contribution is 7.26. The van der Waals surface area contributed by atoms with E-state index in [2.05, 4.69) is 377 Å². The van der Waals surface area contributed by atoms with Gasteiger partial charge in [0.15, 0.2) is 0 Å². The van der Waals surface area contributed by atoms with Gasteiger partial charge in [-0.05, 0) is 278 Å². The second-order valence-corrected chi connectivity index (χ2v) is 30.0. The van der Waals surface area contributed by atoms with Gasteiger partial charge in [0.25, 0.3) is 0 Å². The molecule has 0 N–H and O–H groups in total. The average Bonchev–Trinajstić information content (AvgIpc) is 1.57. The van der Waals surface area contributed by atoms with Gasteiger partial charge >= 0.3 is 0 Å². The number of fused-ring (bicyclic) bond motifs is 14. The molecule has 18 aromatic rings. The summed E-state index contributed by atoms with van der Waals surface area (Å²) in [6, 6.07) is 116. The molecule has 0 saturated carbocycles. The first-order valence-corrected chi connectivity index (χ1v) is 36.9. The van der Waals surface area contributed by atoms with Crippen molar-refractivity contribution in [1.29, 1.82) is 0 Å². The van der Waals surface area contributed by atoms with Crippen LogP contribution in [0.5, 0.6) is 0 Å². The van der Waals surface area contributed by atoms with E-state index in [0.29, 0.717) is 0 Å². The number of aryl methyl sites for hydroxylation is 7. The topological polar surface area (TPSA) is 13.0 Å². The number of hydrogen-bond donors (Lipinski definition) is 0. The predicted octanol–water partition coefficient (Wildman–Crippen LogP) is 28.7. The third-order valence-electron chi connectivity index (χ3n) is 20.8. The van der Waals surface area contributed by atoms with E-state index in [-0.39, 0.29) is 0 Å². The summed E-state index contributed by atoms with van der Waals surface area (Å²) in [7, 11) is 0. The molecule has 4 nitrogen and oxygen atoms in total. The molecule has 0 aliphatic rings. The van der Waals surface area contributed by atoms with E-state index in [1.807, 2.05) is 22.7 Å². The minimum atomic E-state index is 0.805. The fourth-order valence-corrected chi connectivity index (χ4v) is 17.7. The molecular formula is C96H74N4S2. The Morgan fingerprint density at radius 2 is 0.490 bits per heavy atom. The Balaban J connectivity index is 0.651. The molecule has 0 atom stereocenters. The van der Waals surface area contributed by atoms with Gasteiger partial charge in [0, 0.05) is 109 Å². The Labute approximate surface area is 604 Å². The third kappa shape index (κ3) is 11.2. The van der Waals surface area contributed by atoms with Crippen molar-refractivity contribution in [1.82, 2.24) is 0 Å². The predicted molar refractivity (Wildman–Crippen MR) is 443 cm³/mol. The van der Waals surface area contributed by atoms with Gasteiger partial charge in [-0.2, -0.15) is 0 Å². The van der Waals surface area contributed by atoms with Crippen LogP contribution < -0.4 is 19.6 Å². The van der Waals surface area contributed by atoms with Crippen LogP contribution in [-0.4, -0.2) is 0 Å². The normalized spacial score (nSPS) is 11.7. The van der Waals surface area contributed by atoms with Crippen molar-refractivity contribution in [2.75, 3.05) is 19.6 Å². The Morgan fingerprint density at radius 1 is 0.216 bits per heavy atom. The fraction of sp³-hybridized carbons (Fsp3) is 0.0833. The lowest BCUT2D eigenvalue weighted by Gasteiger charge is -2.28. The molecule has 0 unspecified atom stereocenters. The molecule has 102 heavy (non-hydrogen) atoms. The van der Waals surface area contributed by atoms with Crippen molar-refractivity contribution < 1.29 is 0 Å². The van der Waals surface area contributed by atoms with E-state index < -0.39 is 0 Å². The molecule has 2 aromatic heterocycles. The Hall–Kier alpha value is -11.8. The zero-order valence-electron chi connectivity index (χ0n) is 58.3. The number of nitrogens with zero attached hydrogens (tertiary/aromatic N) is 4. The zero-order chi connectivity index (χ0) is 68.9. The second-order valence-electron chi connectivity index (χ2n) is 27.9. The number of hydrogen-bond acceptors (Lipinski definition) is 6. The number of benzene rings is 16. The second kappa shape index (κ2) is 25.4. The van der Waals surface area contributed by atoms with E-state index >= 15 is 0 Å². The maximum Gasteiger partial charge on any atom is 0.0490 e. The molecule has 0 radical (unpaired) electrons. The summed E-state index contributed by atoms with van der Waals surface area (Å²) >= 11 is 3.77. The first kappa shape index (κ1) is 62.5. The molecular weight excluding hydrogens is 1270 g/mol. The Kier molecular flexibility index (Phi) is 15.6. The van der Waals surface area contributed by atoms with Gasteiger partial charge in [0.2, 0.25) is 0 Å². The third-order valence-corrected chi connectivity index (χ3v) is 23.0. The first-order chi connectivity index (χ1) is 49.9. The summed E-state index contributed by atoms with van der Waals surface area (Å²) in [6.45, 7) is 15.2. The highest BCUT2D eigenvalue weighted by Crippen LogP contribution is 2.49. The number of para-hydroxylation sites is 1. The quantitative estimate of drug-likeness (QED) is 0.108. The Bertz CT molecular complexity index is 6240. The van der Waals surface area contributed by atoms with Gasteiger partial charge < -0.3 is 19.6 Å². The lowest BCUT2D eigenvalue weighted by Crippen LogP contribution is -2.11. The van der Waals surface area contributed by atoms with Gasteiger partial charge in [-0.25, -0.2) is 0 Å². The van der Waals surface area contributed by atoms with E-state index in [9.17, 15) is 0 Å². The zero-order valence-corrected chi connectivity index (χ0v) is 59.9. The van der Waals surface area contributed by atoms with Crippen molar-refractivity contribution in [3.05, 3.63) is 359 Å². The molecule has 0 bridgehead atoms. The molecule has 0 spiro atoms. The van der Waals surface area contributed by atoms with Crippen LogP contribution in [0.1, 0.15) is 50.1 Å². The van der Waals surface area contributed by atoms with Crippen molar-refractivity contribution in [2.24, 2.45) is 0 Å². The van der Waals surface area contributed by atoms with E-state index in [4.69, 9.17) is 0 Å². The SMILES string of the molecule is Cc1ccc(N(c2ccc(C)cc2)c2ccc3c(ccc4sc5ccc6cc(N(c7ccc(C)cc7)c7ccc(Cc8ccc(N(c9ccc(C)cc9)c9ccc%10c(ccc%11sc%12ccc%13cc(N(c%14ccc(C)cc%14)c%14ccccc%14C)ccc%13c%12c%11%10)c9)c(C)c8)cc7)ccc6c5c43)c2)cc1. The van der Waals surface area contributed by atoms with E-state index in [1.165, 1.54) is 139 Å². The largest absolute Gasteiger partial charge is 0.310 e. The minimum absolute atomic E-state index is 0.805. The van der Waals surface area contributed by atoms with Crippen LogP contribution in [0.15, 0.2) is 309 Å². The van der Waals surface area contributed by atoms with Gasteiger partial charge in [-0.3, -0.25) is 0 Å². The van der Waals surface area contributed by atoms with Crippen molar-refractivity contribution in [2.45, 2.75) is 54.9 Å². The monoisotopic (exact) mass is 1350 g/mol. The minimum Gasteiger partial charge on any atom is -0.310 e. The highest BCUT2D eigenvalue weighted by Gasteiger charge is 2.23. The van der Waals surface area contributed by atoms with Gasteiger partial charge in [0.05, 0.1) is 0 Å². The molecule has 0 amide bonds. The van der Waals surface area contributed by atoms with Gasteiger partial charge in [-0.15, -0.1) is 22.7 Å². The molecule has 0 saturated heterocycles. The Morgan fingerprint density at radius 3 is 0.814 bits per heavy atom. The summed E-state index contributed by atoms with van der Waals surface area (Å²) in [5.74, 6) is 0. The van der Waals surface area contributed by atoms with Crippen LogP contribution in [-0.2, 0) is 6.42 Å². The molecule has 0 aliphatic carbocycles. The average molecular weight is 1350 g/mol. The molecule has 16 aromatic carbocycles. The van der Waals surface area contributed by atoms with Crippen molar-refractivity contribution in [3.63, 3.8) is 0 Å². The summed E-state index contributed by atoms with van der Waals surface area (Å²) in [6.07, 6.45) is 0.805. The van der Waals surface area contributed by atoms with Crippen LogP contribution in [0.4, 0.5) is 68.2 Å². The standard InChI is InChI=1S/C96H74N4S2/c1-60-12-29-73(30-13-60)97(74-31-14-61(2)15-32-74)79-41-45-83-69(56-79)25-50-89-93(83)94-84-46-42-80(57-70(84)26-51-90(94)101-89)98(75-33-16-62(3)17-34-75)76-39-22-67(23-40-76)55-68-24-49-88(66(7)54-68)100(78-37-20-64(5)21-38-78)82-44-48-86-72(59-82)28-53-92-96(86)95-85-47-43-81(58-71(85)27-52-91(95)102-92)99(77-35-18-63(4)19-36-77)87-11-9-8-10-65(87)6/h8-54,56-59H,55H2,1-7H3. The molecule has 2 heterocycles. The fourth-order valence-electron chi connectivity index (χ4n) is 15.5. The van der Waals surface area contributed by atoms with Crippen molar-refractivity contribution in [3.8, 4) is 0 Å². The molecule has 18 rings (SSSR count). The lowest BCUT2D eigenvalue weighted by atomic mass is 9.98. The van der Waals surface area contributed by atoms with Gasteiger partial charge in [-0.1, -0.05) is 179 Å². The van der Waals surface area contributed by atoms with Crippen molar-refractivity contribution >= 4 is 174 Å². The maximum atomic E-state index is 2.44. The summed E-state index contributed by atoms with van der Waals surface area (Å²) in [4.78, 5) is 9.62. The van der Waals surface area contributed by atoms with Crippen LogP contribution in [0.3, 0.4) is 0 Å². The molecule has 6 heteroatoms. The molecule has 0 aliphatic heterocycles. The highest BCUT2D eigenvalue weighted by atomic mass is 32.1. The van der Waals surface area contributed by atoms with Crippen LogP contribution in [0.2, 0.25) is 0 Å². The van der Waals surface area contributed by atoms with Crippen LogP contribution >= 0.6 is 22.7 Å². The summed E-state index contributed by atoms with van der Waals surface area (Å²) in [5, 5.41) is 15.2. The van der Waals surface area contributed by atoms with Crippen LogP contribution in [0, 0.1) is 48.5 Å². The first-order valence-electron chi connectivity index (χ1n) is 35.3. The van der Waals surface area contributed by atoms with Gasteiger partial charge in [0.1, 0.15) is 0 Å². The lowest BCUT2D eigenvalue weighted by molar-refractivity contribution is 1.16. The molecule has 0 fully saturated rings. The summed E-state index contributed by atoms with van der Waals surface area (Å²) in [5.41, 5.74) is 24.8. The molecule has 490 valence electrons.